The van der Waals surface area contributed by atoms with Gasteiger partial charge >= 0.3 is 28.7 Å². The number of nitrogens with zero attached hydrogens (tertiary/aromatic N) is 3. The lowest BCUT2D eigenvalue weighted by molar-refractivity contribution is -0.727. The first kappa shape index (κ1) is 25.7. The molecular weight excluding hydrogens is 495 g/mol. The number of amides is 1. The minimum atomic E-state index is -1.37. The van der Waals surface area contributed by atoms with E-state index >= 15 is 0 Å². The highest BCUT2D eigenvalue weighted by Crippen LogP contribution is 2.33. The summed E-state index contributed by atoms with van der Waals surface area (Å²) in [5, 5.41) is 10.8. The SMILES string of the molecule is CC(=O)O[C@@H]1[C@H](OC(C)=O)[C@@H](C)O[C@H]1n1cc(F)c(NC(=O)OCc2ccc([N+](=O)O)s2)nc1=O. The van der Waals surface area contributed by atoms with Gasteiger partial charge in [-0.1, -0.05) is 11.3 Å². The van der Waals surface area contributed by atoms with Crippen LogP contribution in [0.15, 0.2) is 23.1 Å². The predicted molar refractivity (Wildman–Crippen MR) is 112 cm³/mol. The zero-order chi connectivity index (χ0) is 25.9. The topological polar surface area (TPSA) is 175 Å². The smallest absolute Gasteiger partial charge is 0.413 e. The van der Waals surface area contributed by atoms with Crippen LogP contribution in [0.5, 0.6) is 0 Å². The molecule has 3 heterocycles. The summed E-state index contributed by atoms with van der Waals surface area (Å²) in [7, 11) is 0. The molecule has 0 spiro atoms. The van der Waals surface area contributed by atoms with Gasteiger partial charge in [-0.05, 0) is 13.0 Å². The number of ether oxygens (including phenoxy) is 4. The Kier molecular flexibility index (Phi) is 7.75. The molecule has 1 saturated heterocycles. The second-order valence-electron chi connectivity index (χ2n) is 7.22. The van der Waals surface area contributed by atoms with Gasteiger partial charge < -0.3 is 18.9 Å². The van der Waals surface area contributed by atoms with Gasteiger partial charge in [0.1, 0.15) is 6.61 Å². The van der Waals surface area contributed by atoms with E-state index in [0.717, 1.165) is 25.2 Å². The summed E-state index contributed by atoms with van der Waals surface area (Å²) in [5.74, 6) is -3.32. The summed E-state index contributed by atoms with van der Waals surface area (Å²) < 4.78 is 36.2. The number of hydrogen-bond acceptors (Lipinski definition) is 11. The Bertz CT molecular complexity index is 1210. The van der Waals surface area contributed by atoms with E-state index in [1.165, 1.54) is 19.1 Å². The molecule has 0 saturated carbocycles. The Morgan fingerprint density at radius 2 is 1.91 bits per heavy atom. The molecule has 1 aliphatic heterocycles. The number of aromatic nitrogens is 2. The zero-order valence-electron chi connectivity index (χ0n) is 18.5. The Labute approximate surface area is 199 Å². The maximum atomic E-state index is 14.7. The summed E-state index contributed by atoms with van der Waals surface area (Å²) >= 11 is 0.853. The van der Waals surface area contributed by atoms with Crippen molar-refractivity contribution in [3.05, 3.63) is 44.4 Å². The third-order valence-electron chi connectivity index (χ3n) is 4.61. The monoisotopic (exact) mass is 515 g/mol. The Hall–Kier alpha value is -3.92. The molecule has 0 unspecified atom stereocenters. The van der Waals surface area contributed by atoms with Gasteiger partial charge in [0.25, 0.3) is 4.92 Å². The average Bonchev–Trinajstić information content (AvgIpc) is 3.35. The van der Waals surface area contributed by atoms with Gasteiger partial charge in [0.2, 0.25) is 0 Å². The van der Waals surface area contributed by atoms with E-state index < -0.39 is 59.9 Å². The second-order valence-corrected chi connectivity index (χ2v) is 8.37. The Morgan fingerprint density at radius 3 is 2.51 bits per heavy atom. The first-order valence-electron chi connectivity index (χ1n) is 9.93. The third kappa shape index (κ3) is 6.15. The van der Waals surface area contributed by atoms with Crippen molar-refractivity contribution in [2.45, 2.75) is 51.9 Å². The van der Waals surface area contributed by atoms with Crippen molar-refractivity contribution in [2.24, 2.45) is 0 Å². The molecule has 2 aromatic heterocycles. The van der Waals surface area contributed by atoms with Gasteiger partial charge in [-0.3, -0.25) is 19.5 Å². The van der Waals surface area contributed by atoms with Gasteiger partial charge in [0.05, 0.1) is 17.2 Å². The van der Waals surface area contributed by atoms with Gasteiger partial charge in [-0.2, -0.15) is 4.98 Å². The molecule has 35 heavy (non-hydrogen) atoms. The molecule has 0 aliphatic carbocycles. The van der Waals surface area contributed by atoms with Crippen LogP contribution >= 0.6 is 11.3 Å². The highest BCUT2D eigenvalue weighted by molar-refractivity contribution is 7.15. The number of thiophene rings is 1. The lowest BCUT2D eigenvalue weighted by Crippen LogP contribution is -2.40. The molecule has 3 rings (SSSR count). The minimum Gasteiger partial charge on any atom is -0.456 e. The zero-order valence-corrected chi connectivity index (χ0v) is 19.3. The normalized spacial score (nSPS) is 21.3. The van der Waals surface area contributed by atoms with Crippen LogP contribution in [0.25, 0.3) is 0 Å². The van der Waals surface area contributed by atoms with Crippen LogP contribution in [0.2, 0.25) is 0 Å². The maximum absolute atomic E-state index is 14.7. The highest BCUT2D eigenvalue weighted by atomic mass is 32.1. The van der Waals surface area contributed by atoms with E-state index in [2.05, 4.69) is 4.98 Å². The standard InChI is InChI=1S/C19H19FN4O10S/c1-8-14(33-9(2)25)15(34-10(3)26)17(32-8)23-6-12(20)16(21-18(23)27)22-19(28)31-7-11-4-5-13(35-11)24(29)30/h4-6,8,14-15,17H,7H2,1-3H3,(H-,21,22,27,28,29,30)/p+1/t8-,14-,15-,17-/m1/s1. The summed E-state index contributed by atoms with van der Waals surface area (Å²) in [6.07, 6.45) is -4.98. The number of hydrogen-bond donors (Lipinski definition) is 2. The minimum absolute atomic E-state index is 0.0354. The van der Waals surface area contributed by atoms with Crippen LogP contribution in [-0.4, -0.2) is 56.0 Å². The van der Waals surface area contributed by atoms with E-state index in [0.29, 0.717) is 15.6 Å². The molecule has 14 nitrogen and oxygen atoms in total. The third-order valence-corrected chi connectivity index (χ3v) is 5.63. The lowest BCUT2D eigenvalue weighted by atomic mass is 10.1. The lowest BCUT2D eigenvalue weighted by Gasteiger charge is -2.23. The van der Waals surface area contributed by atoms with Crippen molar-refractivity contribution in [1.29, 1.82) is 0 Å². The van der Waals surface area contributed by atoms with Gasteiger partial charge in [0, 0.05) is 24.8 Å². The van der Waals surface area contributed by atoms with Crippen molar-refractivity contribution in [3.8, 4) is 0 Å². The van der Waals surface area contributed by atoms with Crippen LogP contribution in [0.1, 0.15) is 31.9 Å². The van der Waals surface area contributed by atoms with Crippen LogP contribution in [0, 0.1) is 10.7 Å². The molecule has 0 radical (unpaired) electrons. The van der Waals surface area contributed by atoms with Gasteiger partial charge in [0.15, 0.2) is 30.1 Å². The molecule has 2 N–H and O–H groups in total. The summed E-state index contributed by atoms with van der Waals surface area (Å²) in [6, 6.07) is 2.73. The molecule has 1 fully saturated rings. The molecule has 0 bridgehead atoms. The van der Waals surface area contributed by atoms with Crippen molar-refractivity contribution in [2.75, 3.05) is 5.32 Å². The van der Waals surface area contributed by atoms with Gasteiger partial charge in [-0.15, -0.1) is 0 Å². The maximum Gasteiger partial charge on any atom is 0.413 e. The van der Waals surface area contributed by atoms with E-state index in [1.54, 1.807) is 0 Å². The molecule has 1 aliphatic rings. The Balaban J connectivity index is 1.75. The molecule has 4 atom stereocenters. The van der Waals surface area contributed by atoms with Crippen LogP contribution in [0.3, 0.4) is 0 Å². The predicted octanol–water partition coefficient (Wildman–Crippen LogP) is 1.77. The van der Waals surface area contributed by atoms with Gasteiger partial charge in [-0.25, -0.2) is 19.2 Å². The fraction of sp³-hybridized carbons (Fsp3) is 0.421. The molecule has 2 aromatic rings. The van der Waals surface area contributed by atoms with Crippen LogP contribution < -0.4 is 11.0 Å². The number of rotatable bonds is 7. The molecular formula is C19H20FN4O10S+. The van der Waals surface area contributed by atoms with E-state index in [9.17, 15) is 28.5 Å². The van der Waals surface area contributed by atoms with Crippen molar-refractivity contribution in [1.82, 2.24) is 9.55 Å². The summed E-state index contributed by atoms with van der Waals surface area (Å²) in [6.45, 7) is 3.44. The number of anilines is 1. The number of halogens is 1. The number of carbonyl (C=O) groups excluding carboxylic acids is 3. The average molecular weight is 515 g/mol. The van der Waals surface area contributed by atoms with Crippen molar-refractivity contribution in [3.63, 3.8) is 0 Å². The molecule has 0 aromatic carbocycles. The van der Waals surface area contributed by atoms with Crippen molar-refractivity contribution < 1.29 is 47.9 Å². The second kappa shape index (κ2) is 10.6. The number of carbonyl (C=O) groups is 3. The number of nitrogens with one attached hydrogen (secondary N) is 1. The fourth-order valence-electron chi connectivity index (χ4n) is 3.23. The van der Waals surface area contributed by atoms with Crippen LogP contribution in [-0.2, 0) is 35.1 Å². The summed E-state index contributed by atoms with van der Waals surface area (Å²) in [5.41, 5.74) is -1.07. The largest absolute Gasteiger partial charge is 0.456 e. The first-order valence-corrected chi connectivity index (χ1v) is 10.7. The van der Waals surface area contributed by atoms with E-state index in [1.807, 2.05) is 5.32 Å². The first-order chi connectivity index (χ1) is 16.5. The molecule has 188 valence electrons. The van der Waals surface area contributed by atoms with E-state index in [-0.39, 0.29) is 16.5 Å². The quantitative estimate of drug-likeness (QED) is 0.312. The van der Waals surface area contributed by atoms with E-state index in [4.69, 9.17) is 24.2 Å². The highest BCUT2D eigenvalue weighted by Gasteiger charge is 2.48. The van der Waals surface area contributed by atoms with Crippen molar-refractivity contribution >= 4 is 40.2 Å². The summed E-state index contributed by atoms with van der Waals surface area (Å²) in [4.78, 5) is 61.9. The number of esters is 2. The molecule has 16 heteroatoms. The Morgan fingerprint density at radius 1 is 1.26 bits per heavy atom. The molecule has 1 amide bonds. The van der Waals surface area contributed by atoms with Crippen LogP contribution in [0.4, 0.5) is 20.0 Å². The fourth-order valence-corrected chi connectivity index (χ4v) is 3.97.